The SMILES string of the molecule is CC(=O)C(CS(=O)(=O)O)NC(=O)c1ccc(C)cc1. The molecule has 0 aliphatic heterocycles. The van der Waals surface area contributed by atoms with Crippen molar-refractivity contribution in [3.63, 3.8) is 0 Å². The van der Waals surface area contributed by atoms with Crippen LogP contribution >= 0.6 is 0 Å². The smallest absolute Gasteiger partial charge is 0.267 e. The van der Waals surface area contributed by atoms with E-state index in [0.29, 0.717) is 5.56 Å². The van der Waals surface area contributed by atoms with E-state index in [0.717, 1.165) is 12.5 Å². The summed E-state index contributed by atoms with van der Waals surface area (Å²) >= 11 is 0. The third-order valence-corrected chi connectivity index (χ3v) is 3.24. The maximum absolute atomic E-state index is 11.8. The van der Waals surface area contributed by atoms with Gasteiger partial charge in [-0.1, -0.05) is 17.7 Å². The Morgan fingerprint density at radius 1 is 1.26 bits per heavy atom. The molecule has 0 bridgehead atoms. The second kappa shape index (κ2) is 5.94. The average Bonchev–Trinajstić information content (AvgIpc) is 2.27. The number of amides is 1. The molecule has 7 heteroatoms. The van der Waals surface area contributed by atoms with Crippen molar-refractivity contribution in [3.05, 3.63) is 35.4 Å². The Labute approximate surface area is 111 Å². The molecule has 1 aromatic rings. The van der Waals surface area contributed by atoms with Crippen LogP contribution in [0, 0.1) is 6.92 Å². The van der Waals surface area contributed by atoms with Gasteiger partial charge in [0.1, 0.15) is 11.8 Å². The second-order valence-electron chi connectivity index (χ2n) is 4.25. The number of carbonyl (C=O) groups excluding carboxylic acids is 2. The van der Waals surface area contributed by atoms with Crippen LogP contribution in [0.2, 0.25) is 0 Å². The summed E-state index contributed by atoms with van der Waals surface area (Å²) in [5.74, 6) is -1.94. The van der Waals surface area contributed by atoms with Gasteiger partial charge in [0.15, 0.2) is 5.78 Å². The van der Waals surface area contributed by atoms with Crippen LogP contribution in [0.3, 0.4) is 0 Å². The van der Waals surface area contributed by atoms with Crippen LogP contribution in [0.4, 0.5) is 0 Å². The summed E-state index contributed by atoms with van der Waals surface area (Å²) in [6, 6.07) is 5.31. The van der Waals surface area contributed by atoms with Gasteiger partial charge in [-0.3, -0.25) is 14.1 Å². The zero-order chi connectivity index (χ0) is 14.6. The second-order valence-corrected chi connectivity index (χ2v) is 5.75. The van der Waals surface area contributed by atoms with Crippen molar-refractivity contribution in [2.45, 2.75) is 19.9 Å². The molecule has 0 spiro atoms. The Kier molecular flexibility index (Phi) is 4.79. The average molecular weight is 285 g/mol. The predicted octanol–water partition coefficient (Wildman–Crippen LogP) is 0.570. The van der Waals surface area contributed by atoms with Crippen LogP contribution in [0.25, 0.3) is 0 Å². The first kappa shape index (κ1) is 15.3. The van der Waals surface area contributed by atoms with E-state index in [1.54, 1.807) is 24.3 Å². The van der Waals surface area contributed by atoms with Gasteiger partial charge >= 0.3 is 0 Å². The summed E-state index contributed by atoms with van der Waals surface area (Å²) in [6.45, 7) is 3.00. The van der Waals surface area contributed by atoms with Crippen molar-refractivity contribution in [3.8, 4) is 0 Å². The first-order chi connectivity index (χ1) is 8.69. The van der Waals surface area contributed by atoms with E-state index in [9.17, 15) is 18.0 Å². The molecule has 104 valence electrons. The van der Waals surface area contributed by atoms with Crippen molar-refractivity contribution in [1.29, 1.82) is 0 Å². The number of carbonyl (C=O) groups is 2. The van der Waals surface area contributed by atoms with Crippen molar-refractivity contribution in [2.75, 3.05) is 5.75 Å². The van der Waals surface area contributed by atoms with Gasteiger partial charge in [-0.25, -0.2) is 0 Å². The fourth-order valence-corrected chi connectivity index (χ4v) is 2.16. The maximum atomic E-state index is 11.8. The molecule has 1 atom stereocenters. The first-order valence-electron chi connectivity index (χ1n) is 5.52. The molecule has 1 unspecified atom stereocenters. The molecule has 19 heavy (non-hydrogen) atoms. The van der Waals surface area contributed by atoms with Crippen LogP contribution < -0.4 is 5.32 Å². The first-order valence-corrected chi connectivity index (χ1v) is 7.13. The number of Topliss-reactive ketones (excluding diaryl/α,β-unsaturated/α-hetero) is 1. The molecular weight excluding hydrogens is 270 g/mol. The normalized spacial score (nSPS) is 12.8. The number of rotatable bonds is 5. The van der Waals surface area contributed by atoms with E-state index in [1.807, 2.05) is 6.92 Å². The molecule has 1 aromatic carbocycles. The van der Waals surface area contributed by atoms with Crippen molar-refractivity contribution >= 4 is 21.8 Å². The summed E-state index contributed by atoms with van der Waals surface area (Å²) in [5.41, 5.74) is 1.28. The lowest BCUT2D eigenvalue weighted by Gasteiger charge is -2.14. The number of aryl methyl sites for hydroxylation is 1. The Morgan fingerprint density at radius 3 is 2.21 bits per heavy atom. The van der Waals surface area contributed by atoms with Crippen molar-refractivity contribution < 1.29 is 22.6 Å². The standard InChI is InChI=1S/C12H15NO5S/c1-8-3-5-10(6-4-8)12(15)13-11(9(2)14)7-19(16,17)18/h3-6,11H,7H2,1-2H3,(H,13,15)(H,16,17,18). The Morgan fingerprint density at radius 2 is 1.79 bits per heavy atom. The molecule has 0 aliphatic carbocycles. The van der Waals surface area contributed by atoms with E-state index in [1.165, 1.54) is 0 Å². The van der Waals surface area contributed by atoms with E-state index < -0.39 is 33.6 Å². The van der Waals surface area contributed by atoms with E-state index in [2.05, 4.69) is 5.32 Å². The molecular formula is C12H15NO5S. The molecule has 1 amide bonds. The third kappa shape index (κ3) is 5.19. The summed E-state index contributed by atoms with van der Waals surface area (Å²) in [6.07, 6.45) is 0. The summed E-state index contributed by atoms with van der Waals surface area (Å²) < 4.78 is 30.2. The molecule has 6 nitrogen and oxygen atoms in total. The molecule has 0 radical (unpaired) electrons. The van der Waals surface area contributed by atoms with Crippen LogP contribution in [0.5, 0.6) is 0 Å². The molecule has 0 saturated heterocycles. The van der Waals surface area contributed by atoms with Crippen LogP contribution in [0.1, 0.15) is 22.8 Å². The third-order valence-electron chi connectivity index (χ3n) is 2.49. The zero-order valence-electron chi connectivity index (χ0n) is 10.6. The molecule has 0 aliphatic rings. The number of benzene rings is 1. The summed E-state index contributed by atoms with van der Waals surface area (Å²) in [7, 11) is -4.34. The molecule has 0 heterocycles. The molecule has 1 rings (SSSR count). The lowest BCUT2D eigenvalue weighted by Crippen LogP contribution is -2.44. The fourth-order valence-electron chi connectivity index (χ4n) is 1.42. The lowest BCUT2D eigenvalue weighted by molar-refractivity contribution is -0.118. The highest BCUT2D eigenvalue weighted by molar-refractivity contribution is 7.85. The highest BCUT2D eigenvalue weighted by Gasteiger charge is 2.23. The van der Waals surface area contributed by atoms with E-state index >= 15 is 0 Å². The summed E-state index contributed by atoms with van der Waals surface area (Å²) in [4.78, 5) is 23.1. The molecule has 2 N–H and O–H groups in total. The van der Waals surface area contributed by atoms with Crippen LogP contribution in [0.15, 0.2) is 24.3 Å². The Hall–Kier alpha value is -1.73. The largest absolute Gasteiger partial charge is 0.341 e. The number of hydrogen-bond donors (Lipinski definition) is 2. The van der Waals surface area contributed by atoms with Crippen molar-refractivity contribution in [1.82, 2.24) is 5.32 Å². The minimum Gasteiger partial charge on any atom is -0.341 e. The highest BCUT2D eigenvalue weighted by Crippen LogP contribution is 2.04. The van der Waals surface area contributed by atoms with Gasteiger partial charge in [-0.05, 0) is 26.0 Å². The molecule has 0 fully saturated rings. The van der Waals surface area contributed by atoms with Gasteiger partial charge in [0.2, 0.25) is 0 Å². The fraction of sp³-hybridized carbons (Fsp3) is 0.333. The Bertz CT molecular complexity index is 577. The van der Waals surface area contributed by atoms with Gasteiger partial charge in [0, 0.05) is 5.56 Å². The molecule has 0 aromatic heterocycles. The minimum atomic E-state index is -4.34. The van der Waals surface area contributed by atoms with E-state index in [-0.39, 0.29) is 0 Å². The topological polar surface area (TPSA) is 101 Å². The van der Waals surface area contributed by atoms with Gasteiger partial charge in [0.05, 0.1) is 0 Å². The van der Waals surface area contributed by atoms with Gasteiger partial charge in [0.25, 0.3) is 16.0 Å². The predicted molar refractivity (Wildman–Crippen MR) is 69.5 cm³/mol. The lowest BCUT2D eigenvalue weighted by atomic mass is 10.1. The Balaban J connectivity index is 2.82. The minimum absolute atomic E-state index is 0.312. The number of nitrogens with one attached hydrogen (secondary N) is 1. The number of hydrogen-bond acceptors (Lipinski definition) is 4. The van der Waals surface area contributed by atoms with E-state index in [4.69, 9.17) is 4.55 Å². The van der Waals surface area contributed by atoms with Gasteiger partial charge < -0.3 is 5.32 Å². The maximum Gasteiger partial charge on any atom is 0.267 e. The molecule has 0 saturated carbocycles. The van der Waals surface area contributed by atoms with Gasteiger partial charge in [-0.15, -0.1) is 0 Å². The van der Waals surface area contributed by atoms with Crippen molar-refractivity contribution in [2.24, 2.45) is 0 Å². The van der Waals surface area contributed by atoms with Gasteiger partial charge in [-0.2, -0.15) is 8.42 Å². The highest BCUT2D eigenvalue weighted by atomic mass is 32.2. The quantitative estimate of drug-likeness (QED) is 0.770. The number of ketones is 1. The zero-order valence-corrected chi connectivity index (χ0v) is 11.4. The summed E-state index contributed by atoms with van der Waals surface area (Å²) in [5, 5.41) is 2.28. The monoisotopic (exact) mass is 285 g/mol. The van der Waals surface area contributed by atoms with Crippen LogP contribution in [-0.4, -0.2) is 36.5 Å². The van der Waals surface area contributed by atoms with Crippen LogP contribution in [-0.2, 0) is 14.9 Å².